The molecule has 0 radical (unpaired) electrons. The number of carboxylic acid groups (broad SMARTS) is 1. The number of ether oxygens (including phenoxy) is 2. The Morgan fingerprint density at radius 1 is 0.870 bits per heavy atom. The zero-order chi connectivity index (χ0) is 16.8. The van der Waals surface area contributed by atoms with Gasteiger partial charge < -0.3 is 14.6 Å². The van der Waals surface area contributed by atoms with E-state index in [1.54, 1.807) is 30.3 Å². The topological polar surface area (TPSA) is 89.9 Å². The van der Waals surface area contributed by atoms with Gasteiger partial charge in [-0.2, -0.15) is 0 Å². The number of hydrogen-bond donors (Lipinski definition) is 1. The highest BCUT2D eigenvalue weighted by atomic mass is 16.5. The van der Waals surface area contributed by atoms with Crippen LogP contribution in [0.2, 0.25) is 0 Å². The molecule has 0 saturated carbocycles. The number of aliphatic carboxylic acids is 1. The van der Waals surface area contributed by atoms with Gasteiger partial charge in [0.05, 0.1) is 18.2 Å². The number of carbonyl (C=O) groups excluding carboxylic acids is 2. The molecule has 0 unspecified atom stereocenters. The number of hydrogen-bond acceptors (Lipinski definition) is 5. The van der Waals surface area contributed by atoms with Gasteiger partial charge in [-0.3, -0.25) is 9.59 Å². The fourth-order valence-corrected chi connectivity index (χ4v) is 2.00. The predicted molar refractivity (Wildman–Crippen MR) is 81.2 cm³/mol. The minimum atomic E-state index is -1.18. The fraction of sp³-hybridized carbons (Fsp3) is 0.118. The molecule has 0 aliphatic rings. The van der Waals surface area contributed by atoms with Gasteiger partial charge >= 0.3 is 5.97 Å². The molecule has 0 aromatic heterocycles. The van der Waals surface area contributed by atoms with Gasteiger partial charge in [0, 0.05) is 0 Å². The molecule has 1 N–H and O–H groups in total. The Labute approximate surface area is 132 Å². The molecule has 0 fully saturated rings. The maximum Gasteiger partial charge on any atom is 0.341 e. The van der Waals surface area contributed by atoms with Crippen molar-refractivity contribution in [1.29, 1.82) is 0 Å². The third-order valence-electron chi connectivity index (χ3n) is 3.04. The maximum atomic E-state index is 12.4. The highest BCUT2D eigenvalue weighted by Crippen LogP contribution is 2.23. The first-order chi connectivity index (χ1) is 11.0. The van der Waals surface area contributed by atoms with Crippen molar-refractivity contribution in [3.05, 3.63) is 59.7 Å². The van der Waals surface area contributed by atoms with Gasteiger partial charge in [0.2, 0.25) is 11.6 Å². The molecule has 6 heteroatoms. The molecule has 0 heterocycles. The van der Waals surface area contributed by atoms with Crippen LogP contribution in [-0.2, 0) is 4.79 Å². The average molecular weight is 314 g/mol. The van der Waals surface area contributed by atoms with Crippen molar-refractivity contribution in [2.45, 2.75) is 0 Å². The van der Waals surface area contributed by atoms with Gasteiger partial charge in [-0.25, -0.2) is 4.79 Å². The van der Waals surface area contributed by atoms with Crippen molar-refractivity contribution >= 4 is 17.5 Å². The van der Waals surface area contributed by atoms with Crippen molar-refractivity contribution in [1.82, 2.24) is 0 Å². The van der Waals surface area contributed by atoms with Crippen LogP contribution in [0.3, 0.4) is 0 Å². The molecule has 0 bridgehead atoms. The number of para-hydroxylation sites is 2. The lowest BCUT2D eigenvalue weighted by atomic mass is 10.00. The third-order valence-corrected chi connectivity index (χ3v) is 3.04. The molecular formula is C17H14O6. The van der Waals surface area contributed by atoms with E-state index in [0.29, 0.717) is 0 Å². The number of carboxylic acids is 1. The Morgan fingerprint density at radius 2 is 1.35 bits per heavy atom. The second-order valence-corrected chi connectivity index (χ2v) is 4.54. The van der Waals surface area contributed by atoms with Crippen molar-refractivity contribution in [2.24, 2.45) is 0 Å². The zero-order valence-electron chi connectivity index (χ0n) is 12.3. The maximum absolute atomic E-state index is 12.4. The van der Waals surface area contributed by atoms with Crippen LogP contribution in [0.5, 0.6) is 11.5 Å². The van der Waals surface area contributed by atoms with Crippen LogP contribution in [0.4, 0.5) is 0 Å². The Morgan fingerprint density at radius 3 is 1.87 bits per heavy atom. The van der Waals surface area contributed by atoms with Crippen LogP contribution in [0, 0.1) is 0 Å². The molecule has 0 amide bonds. The van der Waals surface area contributed by atoms with Crippen LogP contribution in [-0.4, -0.2) is 36.4 Å². The SMILES string of the molecule is COc1ccccc1C(=O)C(=O)c1ccccc1OCC(=O)O. The summed E-state index contributed by atoms with van der Waals surface area (Å²) in [7, 11) is 1.40. The largest absolute Gasteiger partial charge is 0.496 e. The normalized spacial score (nSPS) is 9.96. The smallest absolute Gasteiger partial charge is 0.341 e. The Balaban J connectivity index is 2.33. The van der Waals surface area contributed by atoms with Gasteiger partial charge in [-0.15, -0.1) is 0 Å². The summed E-state index contributed by atoms with van der Waals surface area (Å²) in [5.41, 5.74) is 0.137. The van der Waals surface area contributed by atoms with Crippen molar-refractivity contribution < 1.29 is 29.0 Å². The van der Waals surface area contributed by atoms with E-state index in [4.69, 9.17) is 14.6 Å². The Hall–Kier alpha value is -3.15. The lowest BCUT2D eigenvalue weighted by Gasteiger charge is -2.10. The summed E-state index contributed by atoms with van der Waals surface area (Å²) in [5, 5.41) is 8.67. The minimum Gasteiger partial charge on any atom is -0.496 e. The molecule has 0 atom stereocenters. The Kier molecular flexibility index (Phi) is 5.09. The number of carbonyl (C=O) groups is 3. The van der Waals surface area contributed by atoms with Gasteiger partial charge in [0.1, 0.15) is 11.5 Å². The molecule has 0 spiro atoms. The number of ketones is 2. The molecule has 0 aliphatic carbocycles. The van der Waals surface area contributed by atoms with E-state index in [2.05, 4.69) is 0 Å². The quantitative estimate of drug-likeness (QED) is 0.622. The van der Waals surface area contributed by atoms with Crippen LogP contribution in [0.1, 0.15) is 20.7 Å². The molecule has 2 rings (SSSR count). The first-order valence-electron chi connectivity index (χ1n) is 6.70. The molecule has 23 heavy (non-hydrogen) atoms. The molecule has 2 aromatic carbocycles. The van der Waals surface area contributed by atoms with Crippen molar-refractivity contribution in [3.8, 4) is 11.5 Å². The van der Waals surface area contributed by atoms with E-state index < -0.39 is 24.1 Å². The van der Waals surface area contributed by atoms with E-state index in [9.17, 15) is 14.4 Å². The first kappa shape index (κ1) is 16.2. The number of Topliss-reactive ketones (excluding diaryl/α,β-unsaturated/α-hetero) is 2. The highest BCUT2D eigenvalue weighted by molar-refractivity contribution is 6.50. The first-order valence-corrected chi connectivity index (χ1v) is 6.70. The lowest BCUT2D eigenvalue weighted by molar-refractivity contribution is -0.139. The average Bonchev–Trinajstić information content (AvgIpc) is 2.58. The summed E-state index contributed by atoms with van der Waals surface area (Å²) < 4.78 is 10.1. The standard InChI is InChI=1S/C17H14O6/c1-22-13-8-4-2-6-11(13)16(20)17(21)12-7-3-5-9-14(12)23-10-15(18)19/h2-9H,10H2,1H3,(H,18,19). The molecule has 6 nitrogen and oxygen atoms in total. The summed E-state index contributed by atoms with van der Waals surface area (Å²) in [6, 6.07) is 12.4. The summed E-state index contributed by atoms with van der Waals surface area (Å²) in [5.74, 6) is -2.40. The summed E-state index contributed by atoms with van der Waals surface area (Å²) in [4.78, 5) is 35.5. The van der Waals surface area contributed by atoms with Crippen molar-refractivity contribution in [3.63, 3.8) is 0 Å². The fourth-order valence-electron chi connectivity index (χ4n) is 2.00. The van der Waals surface area contributed by atoms with Crippen LogP contribution < -0.4 is 9.47 Å². The van der Waals surface area contributed by atoms with E-state index in [1.807, 2.05) is 0 Å². The lowest BCUT2D eigenvalue weighted by Crippen LogP contribution is -2.18. The second-order valence-electron chi connectivity index (χ2n) is 4.54. The molecule has 118 valence electrons. The Bertz CT molecular complexity index is 750. The van der Waals surface area contributed by atoms with E-state index in [-0.39, 0.29) is 22.6 Å². The van der Waals surface area contributed by atoms with Crippen LogP contribution in [0.15, 0.2) is 48.5 Å². The van der Waals surface area contributed by atoms with E-state index in [0.717, 1.165) is 0 Å². The molecule has 0 saturated heterocycles. The molecular weight excluding hydrogens is 300 g/mol. The van der Waals surface area contributed by atoms with Crippen LogP contribution in [0.25, 0.3) is 0 Å². The predicted octanol–water partition coefficient (Wildman–Crippen LogP) is 2.22. The monoisotopic (exact) mass is 314 g/mol. The number of benzene rings is 2. The van der Waals surface area contributed by atoms with Gasteiger partial charge in [-0.1, -0.05) is 24.3 Å². The molecule has 0 aliphatic heterocycles. The van der Waals surface area contributed by atoms with Crippen LogP contribution >= 0.6 is 0 Å². The summed E-state index contributed by atoms with van der Waals surface area (Å²) in [6.07, 6.45) is 0. The second kappa shape index (κ2) is 7.22. The summed E-state index contributed by atoms with van der Waals surface area (Å²) >= 11 is 0. The van der Waals surface area contributed by atoms with E-state index in [1.165, 1.54) is 25.3 Å². The zero-order valence-corrected chi connectivity index (χ0v) is 12.3. The summed E-state index contributed by atoms with van der Waals surface area (Å²) in [6.45, 7) is -0.604. The highest BCUT2D eigenvalue weighted by Gasteiger charge is 2.24. The number of methoxy groups -OCH3 is 1. The minimum absolute atomic E-state index is 0.00431. The van der Waals surface area contributed by atoms with Gasteiger partial charge in [0.15, 0.2) is 6.61 Å². The third kappa shape index (κ3) is 3.74. The van der Waals surface area contributed by atoms with E-state index >= 15 is 0 Å². The molecule has 2 aromatic rings. The number of rotatable bonds is 7. The van der Waals surface area contributed by atoms with Crippen molar-refractivity contribution in [2.75, 3.05) is 13.7 Å². The van der Waals surface area contributed by atoms with Gasteiger partial charge in [-0.05, 0) is 24.3 Å². The van der Waals surface area contributed by atoms with Gasteiger partial charge in [0.25, 0.3) is 0 Å².